The van der Waals surface area contributed by atoms with Gasteiger partial charge in [-0.3, -0.25) is 0 Å². The van der Waals surface area contributed by atoms with Crippen molar-refractivity contribution in [3.05, 3.63) is 44.4 Å². The van der Waals surface area contributed by atoms with Crippen LogP contribution in [0.25, 0.3) is 4.85 Å². The van der Waals surface area contributed by atoms with Gasteiger partial charge in [0.2, 0.25) is 0 Å². The Labute approximate surface area is 168 Å². The van der Waals surface area contributed by atoms with E-state index < -0.39 is 0 Å². The fourth-order valence-corrected chi connectivity index (χ4v) is 1.41. The molecule has 0 saturated heterocycles. The number of nitrogen functional groups attached to an aromatic ring is 2. The van der Waals surface area contributed by atoms with Gasteiger partial charge in [0.15, 0.2) is 22.3 Å². The zero-order chi connectivity index (χ0) is 16.4. The molecule has 0 aliphatic heterocycles. The van der Waals surface area contributed by atoms with Crippen LogP contribution in [0.4, 0.5) is 17.5 Å². The Kier molecular flexibility index (Phi) is 16.3. The molecule has 0 bridgehead atoms. The number of hydrogen-bond donors (Lipinski definition) is 2. The van der Waals surface area contributed by atoms with E-state index in [0.717, 1.165) is 0 Å². The Morgan fingerprint density at radius 1 is 1.04 bits per heavy atom. The minimum Gasteiger partial charge on any atom is -0.512 e. The van der Waals surface area contributed by atoms with E-state index >= 15 is 0 Å². The second kappa shape index (κ2) is 14.2. The van der Waals surface area contributed by atoms with Gasteiger partial charge in [0.25, 0.3) is 0 Å². The number of aromatic nitrogens is 4. The van der Waals surface area contributed by atoms with Gasteiger partial charge in [0.05, 0.1) is 6.20 Å². The molecule has 0 unspecified atom stereocenters. The molecule has 4 N–H and O–H groups in total. The summed E-state index contributed by atoms with van der Waals surface area (Å²) in [5.74, 6) is 0.647. The third-order valence-electron chi connectivity index (χ3n) is 1.54. The Hall–Kier alpha value is -1.43. The van der Waals surface area contributed by atoms with E-state index in [4.69, 9.17) is 53.1 Å². The van der Waals surface area contributed by atoms with Crippen molar-refractivity contribution >= 4 is 63.2 Å². The van der Waals surface area contributed by atoms with Crippen molar-refractivity contribution in [2.75, 3.05) is 11.5 Å². The Morgan fingerprint density at radius 3 is 1.83 bits per heavy atom. The average molecular weight is 516 g/mol. The van der Waals surface area contributed by atoms with Crippen LogP contribution in [0.2, 0.25) is 10.3 Å². The largest absolute Gasteiger partial charge is 1.00 e. The van der Waals surface area contributed by atoms with Crippen LogP contribution >= 0.6 is 45.8 Å². The van der Waals surface area contributed by atoms with Crippen LogP contribution in [0.1, 0.15) is 7.43 Å². The molecular formula is C11H10Cl2CuIN8. The van der Waals surface area contributed by atoms with Gasteiger partial charge in [0.1, 0.15) is 9.52 Å². The van der Waals surface area contributed by atoms with Gasteiger partial charge in [-0.2, -0.15) is 0 Å². The zero-order valence-electron chi connectivity index (χ0n) is 10.4. The third kappa shape index (κ3) is 10.0. The van der Waals surface area contributed by atoms with E-state index in [1.807, 2.05) is 22.6 Å². The minimum absolute atomic E-state index is 0. The van der Waals surface area contributed by atoms with Crippen LogP contribution < -0.4 is 11.5 Å². The van der Waals surface area contributed by atoms with Gasteiger partial charge in [-0.25, -0.2) is 15.0 Å². The van der Waals surface area contributed by atoms with Crippen molar-refractivity contribution in [2.45, 2.75) is 7.43 Å². The maximum absolute atomic E-state index is 6.55. The molecule has 2 aromatic heterocycles. The first kappa shape index (κ1) is 26.5. The zero-order valence-corrected chi connectivity index (χ0v) is 15.0. The van der Waals surface area contributed by atoms with E-state index in [1.165, 1.54) is 12.4 Å². The number of nitrogens with zero attached hydrogens (tertiary/aromatic N) is 6. The van der Waals surface area contributed by atoms with Crippen molar-refractivity contribution in [1.82, 2.24) is 19.9 Å². The molecule has 0 aromatic carbocycles. The summed E-state index contributed by atoms with van der Waals surface area (Å²) in [7, 11) is 0. The standard InChI is InChI=1S/C5H3ClN4.C4H3ClIN3.CN.CH4.Cu/c1-8-5-4(6)10-3(7)2-9-5;5-3-4(6)8-1-2(7)9-3;1-2;;/h2H,(H2,7,10);1H,(H2,7,9);;1H4;/q;;-1;;+1. The number of anilines is 2. The molecule has 8 nitrogen and oxygen atoms in total. The molecular weight excluding hydrogens is 506 g/mol. The predicted molar refractivity (Wildman–Crippen MR) is 93.6 cm³/mol. The summed E-state index contributed by atoms with van der Waals surface area (Å²) in [5, 5.41) is 6.66. The molecule has 0 amide bonds. The van der Waals surface area contributed by atoms with E-state index in [9.17, 15) is 0 Å². The number of rotatable bonds is 0. The Morgan fingerprint density at radius 2 is 1.48 bits per heavy atom. The van der Waals surface area contributed by atoms with E-state index in [-0.39, 0.29) is 41.3 Å². The molecule has 2 rings (SSSR count). The van der Waals surface area contributed by atoms with Crippen molar-refractivity contribution in [1.29, 1.82) is 5.26 Å². The average Bonchev–Trinajstić information content (AvgIpc) is 2.46. The second-order valence-corrected chi connectivity index (χ2v) is 4.64. The molecule has 0 spiro atoms. The Bertz CT molecular complexity index is 677. The monoisotopic (exact) mass is 514 g/mol. The number of halogens is 3. The van der Waals surface area contributed by atoms with Gasteiger partial charge < -0.3 is 28.1 Å². The third-order valence-corrected chi connectivity index (χ3v) is 3.17. The number of nitrogens with two attached hydrogens (primary N) is 2. The molecule has 2 heterocycles. The van der Waals surface area contributed by atoms with Crippen molar-refractivity contribution in [2.24, 2.45) is 0 Å². The van der Waals surface area contributed by atoms with Crippen molar-refractivity contribution < 1.29 is 17.1 Å². The molecule has 126 valence electrons. The van der Waals surface area contributed by atoms with Crippen LogP contribution in [0, 0.1) is 22.1 Å². The van der Waals surface area contributed by atoms with Gasteiger partial charge in [0, 0.05) is 0 Å². The first-order valence-electron chi connectivity index (χ1n) is 4.75. The van der Waals surface area contributed by atoms with Crippen LogP contribution in [0.3, 0.4) is 0 Å². The summed E-state index contributed by atoms with van der Waals surface area (Å²) in [5.41, 5.74) is 10.5. The predicted octanol–water partition coefficient (Wildman–Crippen LogP) is 3.31. The van der Waals surface area contributed by atoms with Gasteiger partial charge in [-0.15, -0.1) is 4.98 Å². The normalized spacial score (nSPS) is 7.65. The fraction of sp³-hybridized carbons (Fsp3) is 0.0909. The number of hydrogen-bond acceptors (Lipinski definition) is 7. The summed E-state index contributed by atoms with van der Waals surface area (Å²) >= 11 is 13.0. The molecule has 0 atom stereocenters. The van der Waals surface area contributed by atoms with E-state index in [0.29, 0.717) is 14.7 Å². The van der Waals surface area contributed by atoms with Crippen LogP contribution in [0.5, 0.6) is 0 Å². The van der Waals surface area contributed by atoms with Gasteiger partial charge >= 0.3 is 22.9 Å². The van der Waals surface area contributed by atoms with E-state index in [1.54, 1.807) is 0 Å². The molecule has 0 radical (unpaired) electrons. The molecule has 0 saturated carbocycles. The topological polar surface area (TPSA) is 132 Å². The molecule has 12 heteroatoms. The summed E-state index contributed by atoms with van der Waals surface area (Å²) in [6.45, 7) is 11.3. The summed E-state index contributed by atoms with van der Waals surface area (Å²) < 4.78 is 0.670. The second-order valence-electron chi connectivity index (χ2n) is 2.90. The maximum atomic E-state index is 6.55. The summed E-state index contributed by atoms with van der Waals surface area (Å²) in [6.07, 6.45) is 2.76. The maximum Gasteiger partial charge on any atom is 1.00 e. The van der Waals surface area contributed by atoms with Crippen LogP contribution in [-0.4, -0.2) is 19.9 Å². The molecule has 0 aliphatic rings. The first-order chi connectivity index (χ1) is 9.93. The molecule has 23 heavy (non-hydrogen) atoms. The summed E-state index contributed by atoms with van der Waals surface area (Å²) in [4.78, 5) is 17.8. The van der Waals surface area contributed by atoms with Crippen molar-refractivity contribution in [3.63, 3.8) is 0 Å². The fourth-order valence-electron chi connectivity index (χ4n) is 0.812. The smallest absolute Gasteiger partial charge is 0.512 e. The van der Waals surface area contributed by atoms with Crippen molar-refractivity contribution in [3.8, 4) is 0 Å². The first-order valence-corrected chi connectivity index (χ1v) is 6.59. The molecule has 0 aliphatic carbocycles. The van der Waals surface area contributed by atoms with E-state index in [2.05, 4.69) is 24.8 Å². The van der Waals surface area contributed by atoms with Crippen LogP contribution in [-0.2, 0) is 17.1 Å². The SMILES string of the molecule is C.Nc1cnc(I)c(Cl)n1.[C-]#N.[C-]#[N+]c1ncc(N)nc1Cl.[Cu+]. The summed E-state index contributed by atoms with van der Waals surface area (Å²) in [6, 6.07) is 0. The molecule has 0 fully saturated rings. The van der Waals surface area contributed by atoms with Gasteiger partial charge in [-0.05, 0) is 22.6 Å². The minimum atomic E-state index is 0. The Balaban J connectivity index is -0.000000292. The van der Waals surface area contributed by atoms with Gasteiger partial charge in [-0.1, -0.05) is 37.2 Å². The molecule has 2 aromatic rings. The van der Waals surface area contributed by atoms with Crippen LogP contribution in [0.15, 0.2) is 12.4 Å². The quantitative estimate of drug-likeness (QED) is 0.313.